The second-order valence-corrected chi connectivity index (χ2v) is 10.7. The number of nitrogens with zero attached hydrogens (tertiary/aromatic N) is 1. The quantitative estimate of drug-likeness (QED) is 0.319. The smallest absolute Gasteiger partial charge is 0.349 e. The number of Topliss-reactive ketones (excluding diaryl/α,β-unsaturated/α-hetero) is 1. The van der Waals surface area contributed by atoms with E-state index in [9.17, 15) is 34.2 Å². The maximum atomic E-state index is 12.2. The molecule has 0 unspecified atom stereocenters. The van der Waals surface area contributed by atoms with Gasteiger partial charge in [-0.3, -0.25) is 9.69 Å². The molecule has 4 atom stereocenters. The molecule has 1 heterocycles. The Bertz CT molecular complexity index is 1380. The average molecular weight is 604 g/mol. The van der Waals surface area contributed by atoms with Crippen LogP contribution in [0.2, 0.25) is 0 Å². The summed E-state index contributed by atoms with van der Waals surface area (Å²) >= 11 is 0. The van der Waals surface area contributed by atoms with E-state index >= 15 is 0 Å². The Kier molecular flexibility index (Phi) is 11.9. The Morgan fingerprint density at radius 2 is 1.18 bits per heavy atom. The first-order valence-corrected chi connectivity index (χ1v) is 14.2. The zero-order chi connectivity index (χ0) is 32.4. The van der Waals surface area contributed by atoms with Gasteiger partial charge in [0, 0.05) is 31.5 Å². The number of carboxylic acids is 2. The summed E-state index contributed by atoms with van der Waals surface area (Å²) in [5.74, 6) is -5.21. The molecule has 0 aromatic heterocycles. The van der Waals surface area contributed by atoms with Crippen molar-refractivity contribution in [2.45, 2.75) is 64.8 Å². The van der Waals surface area contributed by atoms with E-state index in [1.54, 1.807) is 38.1 Å². The molecule has 10 heteroatoms. The largest absolute Gasteiger partial charge is 0.478 e. The Morgan fingerprint density at radius 3 is 1.57 bits per heavy atom. The lowest BCUT2D eigenvalue weighted by Crippen LogP contribution is -2.45. The highest BCUT2D eigenvalue weighted by molar-refractivity contribution is 5.95. The molecule has 0 amide bonds. The third-order valence-electron chi connectivity index (χ3n) is 7.32. The van der Waals surface area contributed by atoms with E-state index < -0.39 is 36.1 Å². The van der Waals surface area contributed by atoms with Gasteiger partial charge >= 0.3 is 23.9 Å². The topological polar surface area (TPSA) is 148 Å². The zero-order valence-electron chi connectivity index (χ0n) is 25.1. The standard InChI is InChI=1S/C20H18O8.C14H19NO/c1-11-3-7-13(8-4-11)19(25)27-15(17(21)22)16(18(23)24)28-20(26)14-9-5-12(2)6-10-14;1-11-10-14(16)8-9-15(11)12(2)13-6-4-3-5-7-13/h3-10,15-16H,1-2H3,(H,21,22)(H,23,24);3-7,11-12H,8-10H2,1-2H3/t15-,16-;11-,12-/m00/s1. The van der Waals surface area contributed by atoms with Gasteiger partial charge < -0.3 is 19.7 Å². The third kappa shape index (κ3) is 9.34. The summed E-state index contributed by atoms with van der Waals surface area (Å²) in [7, 11) is 0. The third-order valence-corrected chi connectivity index (χ3v) is 7.32. The Labute approximate surface area is 256 Å². The maximum Gasteiger partial charge on any atom is 0.349 e. The maximum absolute atomic E-state index is 12.2. The van der Waals surface area contributed by atoms with E-state index in [-0.39, 0.29) is 11.1 Å². The zero-order valence-corrected chi connectivity index (χ0v) is 25.1. The molecule has 1 saturated heterocycles. The van der Waals surface area contributed by atoms with Crippen molar-refractivity contribution in [2.75, 3.05) is 6.54 Å². The molecule has 0 radical (unpaired) electrons. The second-order valence-electron chi connectivity index (χ2n) is 10.7. The summed E-state index contributed by atoms with van der Waals surface area (Å²) in [6.45, 7) is 8.86. The van der Waals surface area contributed by atoms with Crippen LogP contribution in [0.4, 0.5) is 0 Å². The number of piperidine rings is 1. The number of carbonyl (C=O) groups is 5. The van der Waals surface area contributed by atoms with Crippen LogP contribution in [-0.2, 0) is 23.9 Å². The van der Waals surface area contributed by atoms with Gasteiger partial charge in [0.25, 0.3) is 0 Å². The minimum Gasteiger partial charge on any atom is -0.478 e. The molecule has 3 aromatic rings. The van der Waals surface area contributed by atoms with Gasteiger partial charge in [-0.15, -0.1) is 0 Å². The number of rotatable bonds is 9. The van der Waals surface area contributed by atoms with Crippen LogP contribution in [-0.4, -0.2) is 69.6 Å². The number of benzene rings is 3. The van der Waals surface area contributed by atoms with Crippen molar-refractivity contribution in [2.24, 2.45) is 0 Å². The first-order chi connectivity index (χ1) is 20.9. The number of carbonyl (C=O) groups excluding carboxylic acids is 3. The van der Waals surface area contributed by atoms with Gasteiger partial charge in [0.2, 0.25) is 12.2 Å². The van der Waals surface area contributed by atoms with Crippen molar-refractivity contribution in [3.8, 4) is 0 Å². The highest BCUT2D eigenvalue weighted by Crippen LogP contribution is 2.26. The van der Waals surface area contributed by atoms with Crippen molar-refractivity contribution in [1.82, 2.24) is 4.90 Å². The second kappa shape index (κ2) is 15.6. The molecule has 3 aromatic carbocycles. The molecular weight excluding hydrogens is 566 g/mol. The van der Waals surface area contributed by atoms with Crippen LogP contribution in [0.15, 0.2) is 78.9 Å². The van der Waals surface area contributed by atoms with Gasteiger partial charge in [-0.05, 0) is 57.5 Å². The molecular formula is C34H37NO9. The van der Waals surface area contributed by atoms with E-state index in [2.05, 4.69) is 43.0 Å². The molecule has 0 saturated carbocycles. The van der Waals surface area contributed by atoms with E-state index in [1.807, 2.05) is 6.07 Å². The molecule has 0 bridgehead atoms. The van der Waals surface area contributed by atoms with E-state index in [0.29, 0.717) is 30.7 Å². The summed E-state index contributed by atoms with van der Waals surface area (Å²) in [6, 6.07) is 23.4. The van der Waals surface area contributed by atoms with Crippen LogP contribution in [0.3, 0.4) is 0 Å². The lowest BCUT2D eigenvalue weighted by molar-refractivity contribution is -0.166. The number of carboxylic acid groups (broad SMARTS) is 2. The first kappa shape index (κ1) is 33.7. The van der Waals surface area contributed by atoms with Crippen LogP contribution in [0.5, 0.6) is 0 Å². The van der Waals surface area contributed by atoms with Gasteiger partial charge in [-0.25, -0.2) is 19.2 Å². The Morgan fingerprint density at radius 1 is 0.750 bits per heavy atom. The normalized spacial score (nSPS) is 16.8. The summed E-state index contributed by atoms with van der Waals surface area (Å²) in [6.07, 6.45) is -3.03. The fourth-order valence-electron chi connectivity index (χ4n) is 4.75. The predicted molar refractivity (Wildman–Crippen MR) is 161 cm³/mol. The minimum absolute atomic E-state index is 0.0332. The van der Waals surface area contributed by atoms with Crippen molar-refractivity contribution < 1.29 is 43.7 Å². The summed E-state index contributed by atoms with van der Waals surface area (Å²) in [5.41, 5.74) is 3.13. The van der Waals surface area contributed by atoms with Crippen molar-refractivity contribution >= 4 is 29.7 Å². The Balaban J connectivity index is 0.000000278. The SMILES string of the molecule is C[C@H]1CC(=O)CCN1[C@@H](C)c1ccccc1.Cc1ccc(C(=O)O[C@H](C(=O)O)[C@H](OC(=O)c2ccc(C)cc2)C(=O)O)cc1. The molecule has 0 aliphatic carbocycles. The number of aliphatic carboxylic acids is 2. The summed E-state index contributed by atoms with van der Waals surface area (Å²) < 4.78 is 9.64. The Hall–Kier alpha value is -4.83. The molecule has 1 aliphatic heterocycles. The molecule has 44 heavy (non-hydrogen) atoms. The fraction of sp³-hybridized carbons (Fsp3) is 0.324. The number of ketones is 1. The number of aryl methyl sites for hydroxylation is 2. The number of hydrogen-bond acceptors (Lipinski definition) is 8. The summed E-state index contributed by atoms with van der Waals surface area (Å²) in [5, 5.41) is 18.6. The van der Waals surface area contributed by atoms with Crippen molar-refractivity contribution in [1.29, 1.82) is 0 Å². The first-order valence-electron chi connectivity index (χ1n) is 14.2. The van der Waals surface area contributed by atoms with Crippen molar-refractivity contribution in [3.05, 3.63) is 107 Å². The van der Waals surface area contributed by atoms with Crippen LogP contribution >= 0.6 is 0 Å². The number of ether oxygens (including phenoxy) is 2. The molecule has 10 nitrogen and oxygen atoms in total. The average Bonchev–Trinajstić information content (AvgIpc) is 2.99. The van der Waals surface area contributed by atoms with Crippen LogP contribution in [0.25, 0.3) is 0 Å². The van der Waals surface area contributed by atoms with Crippen molar-refractivity contribution in [3.63, 3.8) is 0 Å². The molecule has 1 fully saturated rings. The van der Waals surface area contributed by atoms with Gasteiger partial charge in [-0.2, -0.15) is 0 Å². The van der Waals surface area contributed by atoms with E-state index in [1.165, 1.54) is 29.8 Å². The molecule has 1 aliphatic rings. The molecule has 232 valence electrons. The molecule has 4 rings (SSSR count). The van der Waals surface area contributed by atoms with Gasteiger partial charge in [-0.1, -0.05) is 65.7 Å². The number of esters is 2. The molecule has 2 N–H and O–H groups in total. The highest BCUT2D eigenvalue weighted by Gasteiger charge is 2.41. The fourth-order valence-corrected chi connectivity index (χ4v) is 4.75. The highest BCUT2D eigenvalue weighted by atomic mass is 16.6. The lowest BCUT2D eigenvalue weighted by Gasteiger charge is -2.37. The summed E-state index contributed by atoms with van der Waals surface area (Å²) in [4.78, 5) is 61.1. The monoisotopic (exact) mass is 603 g/mol. The minimum atomic E-state index is -2.22. The molecule has 0 spiro atoms. The van der Waals surface area contributed by atoms with Crippen LogP contribution in [0.1, 0.15) is 70.1 Å². The number of likely N-dealkylation sites (tertiary alicyclic amines) is 1. The van der Waals surface area contributed by atoms with E-state index in [4.69, 9.17) is 9.47 Å². The lowest BCUT2D eigenvalue weighted by atomic mass is 9.97. The van der Waals surface area contributed by atoms with Crippen LogP contribution in [0, 0.1) is 13.8 Å². The van der Waals surface area contributed by atoms with E-state index in [0.717, 1.165) is 17.7 Å². The van der Waals surface area contributed by atoms with Gasteiger partial charge in [0.1, 0.15) is 5.78 Å². The van der Waals surface area contributed by atoms with Gasteiger partial charge in [0.15, 0.2) is 0 Å². The van der Waals surface area contributed by atoms with Crippen LogP contribution < -0.4 is 0 Å². The van der Waals surface area contributed by atoms with Gasteiger partial charge in [0.05, 0.1) is 11.1 Å². The predicted octanol–water partition coefficient (Wildman–Crippen LogP) is 5.02. The number of hydrogen-bond donors (Lipinski definition) is 2.